The number of hydrogen-bond donors (Lipinski definition) is 1. The Bertz CT molecular complexity index is 417. The maximum Gasteiger partial charge on any atom is 0.142 e. The SMILES string of the molecule is COc1ccc(Br)cc1NC1CCCC(C)(C)C1. The first-order valence-electron chi connectivity index (χ1n) is 6.60. The van der Waals surface area contributed by atoms with Gasteiger partial charge in [-0.05, 0) is 42.9 Å². The van der Waals surface area contributed by atoms with Gasteiger partial charge in [0.15, 0.2) is 0 Å². The van der Waals surface area contributed by atoms with Crippen LogP contribution in [0.15, 0.2) is 22.7 Å². The standard InChI is InChI=1S/C15H22BrNO/c1-15(2)8-4-5-12(10-15)17-13-9-11(16)6-7-14(13)18-3/h6-7,9,12,17H,4-5,8,10H2,1-3H3. The van der Waals surface area contributed by atoms with E-state index in [2.05, 4.69) is 41.2 Å². The molecule has 3 heteroatoms. The van der Waals surface area contributed by atoms with Gasteiger partial charge in [-0.1, -0.05) is 36.2 Å². The fourth-order valence-electron chi connectivity index (χ4n) is 2.83. The van der Waals surface area contributed by atoms with E-state index in [1.165, 1.54) is 25.7 Å². The Labute approximate surface area is 118 Å². The van der Waals surface area contributed by atoms with Crippen LogP contribution in [0.5, 0.6) is 5.75 Å². The first kappa shape index (κ1) is 13.7. The summed E-state index contributed by atoms with van der Waals surface area (Å²) >= 11 is 3.52. The zero-order valence-corrected chi connectivity index (χ0v) is 13.0. The van der Waals surface area contributed by atoms with Crippen LogP contribution in [0.4, 0.5) is 5.69 Å². The summed E-state index contributed by atoms with van der Waals surface area (Å²) in [6.07, 6.45) is 5.11. The van der Waals surface area contributed by atoms with Gasteiger partial charge in [-0.25, -0.2) is 0 Å². The van der Waals surface area contributed by atoms with Crippen LogP contribution in [0, 0.1) is 5.41 Å². The van der Waals surface area contributed by atoms with Gasteiger partial charge in [0, 0.05) is 10.5 Å². The minimum Gasteiger partial charge on any atom is -0.495 e. The zero-order chi connectivity index (χ0) is 13.2. The van der Waals surface area contributed by atoms with Gasteiger partial charge >= 0.3 is 0 Å². The van der Waals surface area contributed by atoms with Crippen molar-refractivity contribution in [3.05, 3.63) is 22.7 Å². The van der Waals surface area contributed by atoms with Gasteiger partial charge in [-0.2, -0.15) is 0 Å². The number of rotatable bonds is 3. The van der Waals surface area contributed by atoms with E-state index in [1.807, 2.05) is 12.1 Å². The molecule has 1 aliphatic carbocycles. The topological polar surface area (TPSA) is 21.3 Å². The molecular formula is C15H22BrNO. The number of nitrogens with one attached hydrogen (secondary N) is 1. The van der Waals surface area contributed by atoms with E-state index in [4.69, 9.17) is 4.74 Å². The van der Waals surface area contributed by atoms with Gasteiger partial charge in [-0.3, -0.25) is 0 Å². The van der Waals surface area contributed by atoms with Crippen LogP contribution in [0.1, 0.15) is 39.5 Å². The van der Waals surface area contributed by atoms with Crippen LogP contribution < -0.4 is 10.1 Å². The highest BCUT2D eigenvalue weighted by molar-refractivity contribution is 9.10. The van der Waals surface area contributed by atoms with Crippen molar-refractivity contribution in [2.24, 2.45) is 5.41 Å². The molecule has 0 radical (unpaired) electrons. The second kappa shape index (κ2) is 5.52. The summed E-state index contributed by atoms with van der Waals surface area (Å²) in [5.41, 5.74) is 1.55. The highest BCUT2D eigenvalue weighted by Crippen LogP contribution is 2.38. The first-order valence-corrected chi connectivity index (χ1v) is 7.39. The predicted molar refractivity (Wildman–Crippen MR) is 80.4 cm³/mol. The largest absolute Gasteiger partial charge is 0.495 e. The Kier molecular flexibility index (Phi) is 4.21. The number of ether oxygens (including phenoxy) is 1. The molecule has 0 aromatic heterocycles. The van der Waals surface area contributed by atoms with Crippen molar-refractivity contribution < 1.29 is 4.74 Å². The summed E-state index contributed by atoms with van der Waals surface area (Å²) in [5, 5.41) is 3.64. The number of benzene rings is 1. The molecule has 2 nitrogen and oxygen atoms in total. The van der Waals surface area contributed by atoms with Crippen molar-refractivity contribution in [2.75, 3.05) is 12.4 Å². The lowest BCUT2D eigenvalue weighted by atomic mass is 9.75. The summed E-state index contributed by atoms with van der Waals surface area (Å²) in [7, 11) is 1.72. The fourth-order valence-corrected chi connectivity index (χ4v) is 3.20. The molecule has 0 saturated heterocycles. The predicted octanol–water partition coefficient (Wildman–Crippen LogP) is 4.84. The molecule has 1 saturated carbocycles. The summed E-state index contributed by atoms with van der Waals surface area (Å²) < 4.78 is 6.49. The molecule has 1 unspecified atom stereocenters. The second-order valence-corrected chi connectivity index (χ2v) is 6.86. The molecule has 0 spiro atoms. The average molecular weight is 312 g/mol. The minimum absolute atomic E-state index is 0.454. The molecule has 1 aromatic rings. The number of methoxy groups -OCH3 is 1. The number of halogens is 1. The summed E-state index contributed by atoms with van der Waals surface area (Å²) in [6, 6.07) is 6.66. The molecule has 18 heavy (non-hydrogen) atoms. The van der Waals surface area contributed by atoms with E-state index in [1.54, 1.807) is 7.11 Å². The zero-order valence-electron chi connectivity index (χ0n) is 11.4. The van der Waals surface area contributed by atoms with Crippen molar-refractivity contribution in [3.8, 4) is 5.75 Å². The molecule has 1 N–H and O–H groups in total. The molecule has 2 rings (SSSR count). The Morgan fingerprint density at radius 3 is 2.83 bits per heavy atom. The molecule has 100 valence electrons. The normalized spacial score (nSPS) is 22.6. The summed E-state index contributed by atoms with van der Waals surface area (Å²) in [4.78, 5) is 0. The lowest BCUT2D eigenvalue weighted by Crippen LogP contribution is -2.31. The fraction of sp³-hybridized carbons (Fsp3) is 0.600. The molecule has 0 heterocycles. The van der Waals surface area contributed by atoms with Gasteiger partial charge in [0.05, 0.1) is 12.8 Å². The molecule has 1 atom stereocenters. The summed E-state index contributed by atoms with van der Waals surface area (Å²) in [5.74, 6) is 0.918. The van der Waals surface area contributed by atoms with Crippen LogP contribution in [-0.2, 0) is 0 Å². The number of hydrogen-bond acceptors (Lipinski definition) is 2. The van der Waals surface area contributed by atoms with E-state index in [-0.39, 0.29) is 0 Å². The lowest BCUT2D eigenvalue weighted by molar-refractivity contribution is 0.229. The van der Waals surface area contributed by atoms with Crippen molar-refractivity contribution in [1.82, 2.24) is 0 Å². The third kappa shape index (κ3) is 3.41. The van der Waals surface area contributed by atoms with E-state index in [9.17, 15) is 0 Å². The van der Waals surface area contributed by atoms with Crippen molar-refractivity contribution in [3.63, 3.8) is 0 Å². The van der Waals surface area contributed by atoms with Gasteiger partial charge < -0.3 is 10.1 Å². The van der Waals surface area contributed by atoms with Gasteiger partial charge in [0.25, 0.3) is 0 Å². The van der Waals surface area contributed by atoms with E-state index >= 15 is 0 Å². The van der Waals surface area contributed by atoms with Crippen LogP contribution >= 0.6 is 15.9 Å². The third-order valence-electron chi connectivity index (χ3n) is 3.73. The highest BCUT2D eigenvalue weighted by Gasteiger charge is 2.28. The van der Waals surface area contributed by atoms with Crippen molar-refractivity contribution in [1.29, 1.82) is 0 Å². The highest BCUT2D eigenvalue weighted by atomic mass is 79.9. The average Bonchev–Trinajstić information content (AvgIpc) is 2.28. The van der Waals surface area contributed by atoms with E-state index < -0.39 is 0 Å². The van der Waals surface area contributed by atoms with Crippen LogP contribution in [0.3, 0.4) is 0 Å². The first-order chi connectivity index (χ1) is 8.50. The monoisotopic (exact) mass is 311 g/mol. The summed E-state index contributed by atoms with van der Waals surface area (Å²) in [6.45, 7) is 4.72. The molecule has 1 aromatic carbocycles. The van der Waals surface area contributed by atoms with Crippen LogP contribution in [0.2, 0.25) is 0 Å². The Morgan fingerprint density at radius 2 is 2.17 bits per heavy atom. The Morgan fingerprint density at radius 1 is 1.39 bits per heavy atom. The molecule has 1 fully saturated rings. The maximum absolute atomic E-state index is 5.41. The minimum atomic E-state index is 0.454. The second-order valence-electron chi connectivity index (χ2n) is 5.95. The van der Waals surface area contributed by atoms with Crippen LogP contribution in [-0.4, -0.2) is 13.2 Å². The molecule has 0 aliphatic heterocycles. The Balaban J connectivity index is 2.11. The maximum atomic E-state index is 5.41. The Hall–Kier alpha value is -0.700. The molecule has 0 bridgehead atoms. The van der Waals surface area contributed by atoms with Crippen molar-refractivity contribution >= 4 is 21.6 Å². The van der Waals surface area contributed by atoms with Gasteiger partial charge in [0.1, 0.15) is 5.75 Å². The van der Waals surface area contributed by atoms with Gasteiger partial charge in [0.2, 0.25) is 0 Å². The number of anilines is 1. The molecule has 0 amide bonds. The molecular weight excluding hydrogens is 290 g/mol. The van der Waals surface area contributed by atoms with Crippen LogP contribution in [0.25, 0.3) is 0 Å². The van der Waals surface area contributed by atoms with E-state index in [0.717, 1.165) is 15.9 Å². The van der Waals surface area contributed by atoms with Gasteiger partial charge in [-0.15, -0.1) is 0 Å². The molecule has 1 aliphatic rings. The lowest BCUT2D eigenvalue weighted by Gasteiger charge is -2.36. The smallest absolute Gasteiger partial charge is 0.142 e. The van der Waals surface area contributed by atoms with E-state index in [0.29, 0.717) is 11.5 Å². The third-order valence-corrected chi connectivity index (χ3v) is 4.22. The quantitative estimate of drug-likeness (QED) is 0.862. The van der Waals surface area contributed by atoms with Crippen molar-refractivity contribution in [2.45, 2.75) is 45.6 Å².